The molecular formula is C17H18N2O3. The SMILES string of the molecule is CCOc1ccc(NC(=O)C(=O)Nc2ccc(C)cc2)cc1. The third kappa shape index (κ3) is 4.34. The summed E-state index contributed by atoms with van der Waals surface area (Å²) in [5, 5.41) is 5.08. The lowest BCUT2D eigenvalue weighted by molar-refractivity contribution is -0.132. The zero-order valence-electron chi connectivity index (χ0n) is 12.6. The maximum Gasteiger partial charge on any atom is 0.314 e. The quantitative estimate of drug-likeness (QED) is 0.853. The molecule has 0 bridgehead atoms. The molecule has 2 aromatic rings. The van der Waals surface area contributed by atoms with E-state index in [-0.39, 0.29) is 0 Å². The van der Waals surface area contributed by atoms with Gasteiger partial charge in [-0.25, -0.2) is 0 Å². The van der Waals surface area contributed by atoms with Crippen molar-refractivity contribution >= 4 is 23.2 Å². The maximum atomic E-state index is 11.8. The number of hydrogen-bond acceptors (Lipinski definition) is 3. The van der Waals surface area contributed by atoms with Crippen LogP contribution in [0.4, 0.5) is 11.4 Å². The number of aryl methyl sites for hydroxylation is 1. The Hall–Kier alpha value is -2.82. The minimum absolute atomic E-state index is 0.535. The Kier molecular flexibility index (Phi) is 5.14. The van der Waals surface area contributed by atoms with E-state index in [0.29, 0.717) is 23.7 Å². The second kappa shape index (κ2) is 7.26. The number of anilines is 2. The van der Waals surface area contributed by atoms with Crippen molar-refractivity contribution in [3.63, 3.8) is 0 Å². The largest absolute Gasteiger partial charge is 0.494 e. The van der Waals surface area contributed by atoms with Crippen molar-refractivity contribution in [1.82, 2.24) is 0 Å². The maximum absolute atomic E-state index is 11.8. The molecule has 0 unspecified atom stereocenters. The first-order valence-corrected chi connectivity index (χ1v) is 7.00. The fraction of sp³-hybridized carbons (Fsp3) is 0.176. The van der Waals surface area contributed by atoms with Crippen LogP contribution in [-0.2, 0) is 9.59 Å². The van der Waals surface area contributed by atoms with Crippen LogP contribution in [0.15, 0.2) is 48.5 Å². The van der Waals surface area contributed by atoms with Crippen molar-refractivity contribution in [2.45, 2.75) is 13.8 Å². The normalized spacial score (nSPS) is 9.91. The van der Waals surface area contributed by atoms with Crippen LogP contribution in [0, 0.1) is 6.92 Å². The standard InChI is InChI=1S/C17H18N2O3/c1-3-22-15-10-8-14(9-11-15)19-17(21)16(20)18-13-6-4-12(2)5-7-13/h4-11H,3H2,1-2H3,(H,18,20)(H,19,21). The number of rotatable bonds is 4. The summed E-state index contributed by atoms with van der Waals surface area (Å²) in [5.41, 5.74) is 2.20. The van der Waals surface area contributed by atoms with Crippen molar-refractivity contribution in [1.29, 1.82) is 0 Å². The topological polar surface area (TPSA) is 67.4 Å². The van der Waals surface area contributed by atoms with E-state index in [9.17, 15) is 9.59 Å². The molecule has 0 saturated carbocycles. The summed E-state index contributed by atoms with van der Waals surface area (Å²) in [7, 11) is 0. The first kappa shape index (κ1) is 15.6. The second-order valence-electron chi connectivity index (χ2n) is 4.73. The molecule has 2 amide bonds. The average Bonchev–Trinajstić information content (AvgIpc) is 2.51. The number of carbonyl (C=O) groups is 2. The van der Waals surface area contributed by atoms with Crippen LogP contribution < -0.4 is 15.4 Å². The van der Waals surface area contributed by atoms with Crippen molar-refractivity contribution in [3.8, 4) is 5.75 Å². The number of ether oxygens (including phenoxy) is 1. The van der Waals surface area contributed by atoms with Gasteiger partial charge in [-0.2, -0.15) is 0 Å². The Balaban J connectivity index is 1.93. The zero-order valence-corrected chi connectivity index (χ0v) is 12.6. The molecule has 0 atom stereocenters. The lowest BCUT2D eigenvalue weighted by Gasteiger charge is -2.08. The minimum atomic E-state index is -0.718. The van der Waals surface area contributed by atoms with Crippen LogP contribution in [0.25, 0.3) is 0 Å². The first-order chi connectivity index (χ1) is 10.6. The van der Waals surface area contributed by atoms with Crippen LogP contribution in [0.2, 0.25) is 0 Å². The van der Waals surface area contributed by atoms with Crippen molar-refractivity contribution in [2.75, 3.05) is 17.2 Å². The second-order valence-corrected chi connectivity index (χ2v) is 4.73. The van der Waals surface area contributed by atoms with Gasteiger partial charge in [-0.15, -0.1) is 0 Å². The summed E-state index contributed by atoms with van der Waals surface area (Å²) in [6.07, 6.45) is 0. The summed E-state index contributed by atoms with van der Waals surface area (Å²) in [4.78, 5) is 23.7. The molecule has 0 heterocycles. The summed E-state index contributed by atoms with van der Waals surface area (Å²) in [6, 6.07) is 14.0. The zero-order chi connectivity index (χ0) is 15.9. The van der Waals surface area contributed by atoms with E-state index in [0.717, 1.165) is 5.56 Å². The monoisotopic (exact) mass is 298 g/mol. The van der Waals surface area contributed by atoms with Gasteiger partial charge in [-0.3, -0.25) is 9.59 Å². The number of benzene rings is 2. The molecule has 0 aromatic heterocycles. The van der Waals surface area contributed by atoms with Crippen LogP contribution in [0.5, 0.6) is 5.75 Å². The van der Waals surface area contributed by atoms with Crippen molar-refractivity contribution in [3.05, 3.63) is 54.1 Å². The Bertz CT molecular complexity index is 649. The van der Waals surface area contributed by atoms with Gasteiger partial charge in [-0.1, -0.05) is 17.7 Å². The van der Waals surface area contributed by atoms with Gasteiger partial charge in [0.1, 0.15) is 5.75 Å². The highest BCUT2D eigenvalue weighted by Gasteiger charge is 2.13. The fourth-order valence-corrected chi connectivity index (χ4v) is 1.81. The van der Waals surface area contributed by atoms with Gasteiger partial charge in [0.25, 0.3) is 0 Å². The molecule has 0 aliphatic heterocycles. The molecule has 2 aromatic carbocycles. The third-order valence-electron chi connectivity index (χ3n) is 2.94. The highest BCUT2D eigenvalue weighted by Crippen LogP contribution is 2.15. The summed E-state index contributed by atoms with van der Waals surface area (Å²) >= 11 is 0. The van der Waals surface area contributed by atoms with E-state index in [1.807, 2.05) is 26.0 Å². The van der Waals surface area contributed by atoms with Gasteiger partial charge in [0.2, 0.25) is 0 Å². The van der Waals surface area contributed by atoms with Gasteiger partial charge in [0.05, 0.1) is 6.61 Å². The van der Waals surface area contributed by atoms with Crippen LogP contribution in [-0.4, -0.2) is 18.4 Å². The fourth-order valence-electron chi connectivity index (χ4n) is 1.81. The smallest absolute Gasteiger partial charge is 0.314 e. The molecule has 0 radical (unpaired) electrons. The molecule has 0 aliphatic carbocycles. The number of carbonyl (C=O) groups excluding carboxylic acids is 2. The van der Waals surface area contributed by atoms with E-state index < -0.39 is 11.8 Å². The van der Waals surface area contributed by atoms with E-state index in [1.165, 1.54) is 0 Å². The predicted octanol–water partition coefficient (Wildman–Crippen LogP) is 2.97. The Labute approximate surface area is 129 Å². The molecule has 0 spiro atoms. The molecule has 5 nitrogen and oxygen atoms in total. The molecule has 0 fully saturated rings. The minimum Gasteiger partial charge on any atom is -0.494 e. The van der Waals surface area contributed by atoms with E-state index in [2.05, 4.69) is 10.6 Å². The van der Waals surface area contributed by atoms with Crippen LogP contribution in [0.3, 0.4) is 0 Å². The van der Waals surface area contributed by atoms with Gasteiger partial charge in [0.15, 0.2) is 0 Å². The number of amides is 2. The van der Waals surface area contributed by atoms with Crippen molar-refractivity contribution < 1.29 is 14.3 Å². The van der Waals surface area contributed by atoms with Gasteiger partial charge < -0.3 is 15.4 Å². The highest BCUT2D eigenvalue weighted by atomic mass is 16.5. The highest BCUT2D eigenvalue weighted by molar-refractivity contribution is 6.43. The Morgan fingerprint density at radius 1 is 0.864 bits per heavy atom. The first-order valence-electron chi connectivity index (χ1n) is 7.00. The molecule has 0 aliphatic rings. The molecule has 22 heavy (non-hydrogen) atoms. The molecule has 0 saturated heterocycles. The predicted molar refractivity (Wildman–Crippen MR) is 86.0 cm³/mol. The number of hydrogen-bond donors (Lipinski definition) is 2. The van der Waals surface area contributed by atoms with Crippen LogP contribution >= 0.6 is 0 Å². The lowest BCUT2D eigenvalue weighted by Crippen LogP contribution is -2.29. The van der Waals surface area contributed by atoms with E-state index in [4.69, 9.17) is 4.74 Å². The van der Waals surface area contributed by atoms with Crippen LogP contribution in [0.1, 0.15) is 12.5 Å². The number of nitrogens with one attached hydrogen (secondary N) is 2. The summed E-state index contributed by atoms with van der Waals surface area (Å²) in [5.74, 6) is -0.716. The Morgan fingerprint density at radius 2 is 1.32 bits per heavy atom. The third-order valence-corrected chi connectivity index (χ3v) is 2.94. The Morgan fingerprint density at radius 3 is 1.77 bits per heavy atom. The van der Waals surface area contributed by atoms with E-state index in [1.54, 1.807) is 36.4 Å². The lowest BCUT2D eigenvalue weighted by atomic mass is 10.2. The van der Waals surface area contributed by atoms with Crippen molar-refractivity contribution in [2.24, 2.45) is 0 Å². The van der Waals surface area contributed by atoms with Gasteiger partial charge in [0, 0.05) is 11.4 Å². The molecule has 5 heteroatoms. The molecule has 2 N–H and O–H groups in total. The molecule has 114 valence electrons. The summed E-state index contributed by atoms with van der Waals surface area (Å²) < 4.78 is 5.31. The van der Waals surface area contributed by atoms with Gasteiger partial charge >= 0.3 is 11.8 Å². The molecule has 2 rings (SSSR count). The molecular weight excluding hydrogens is 280 g/mol. The average molecular weight is 298 g/mol. The van der Waals surface area contributed by atoms with E-state index >= 15 is 0 Å². The summed E-state index contributed by atoms with van der Waals surface area (Å²) in [6.45, 7) is 4.42. The van der Waals surface area contributed by atoms with Gasteiger partial charge in [-0.05, 0) is 50.2 Å².